The van der Waals surface area contributed by atoms with Gasteiger partial charge in [0, 0.05) is 19.6 Å². The molecule has 0 aliphatic rings. The molecule has 0 spiro atoms. The highest BCUT2D eigenvalue weighted by atomic mass is 16.5. The molecular weight excluding hydrogens is 236 g/mol. The van der Waals surface area contributed by atoms with Crippen molar-refractivity contribution in [3.63, 3.8) is 0 Å². The number of amides is 4. The Morgan fingerprint density at radius 2 is 1.78 bits per heavy atom. The summed E-state index contributed by atoms with van der Waals surface area (Å²) in [6.45, 7) is 7.24. The Balaban J connectivity index is 5.04. The maximum absolute atomic E-state index is 12.0. The fraction of sp³-hybridized carbons (Fsp3) is 0.727. The number of nitrogens with one attached hydrogen (secondary N) is 2. The summed E-state index contributed by atoms with van der Waals surface area (Å²) in [6.07, 6.45) is 0. The van der Waals surface area contributed by atoms with Gasteiger partial charge in [0.15, 0.2) is 0 Å². The van der Waals surface area contributed by atoms with E-state index in [9.17, 15) is 9.59 Å². The summed E-state index contributed by atoms with van der Waals surface area (Å²) in [5.41, 5.74) is -0.506. The predicted octanol–water partition coefficient (Wildman–Crippen LogP) is 1.45. The monoisotopic (exact) mass is 258 g/mol. The maximum Gasteiger partial charge on any atom is 0.336 e. The Labute approximate surface area is 108 Å². The molecule has 0 bridgehead atoms. The quantitative estimate of drug-likeness (QED) is 0.551. The molecule has 7 heteroatoms. The number of imide groups is 1. The summed E-state index contributed by atoms with van der Waals surface area (Å²) >= 11 is 0. The number of ether oxygens (including phenoxy) is 1. The lowest BCUT2D eigenvalue weighted by Crippen LogP contribution is -2.55. The van der Waals surface area contributed by atoms with E-state index in [0.29, 0.717) is 4.90 Å². The lowest BCUT2D eigenvalue weighted by molar-refractivity contribution is 0.169. The van der Waals surface area contributed by atoms with Gasteiger partial charge in [0.25, 0.3) is 0 Å². The normalized spacial score (nSPS) is 10.6. The largest absolute Gasteiger partial charge is 0.465 e. The van der Waals surface area contributed by atoms with Crippen LogP contribution in [0.2, 0.25) is 0 Å². The molecule has 2 N–H and O–H groups in total. The Morgan fingerprint density at radius 1 is 1.28 bits per heavy atom. The van der Waals surface area contributed by atoms with E-state index in [1.165, 1.54) is 19.0 Å². The lowest BCUT2D eigenvalue weighted by Gasteiger charge is -2.28. The van der Waals surface area contributed by atoms with Crippen molar-refractivity contribution < 1.29 is 14.3 Å². The van der Waals surface area contributed by atoms with Gasteiger partial charge < -0.3 is 15.0 Å². The summed E-state index contributed by atoms with van der Waals surface area (Å²) in [6, 6.07) is -1.80. The molecule has 18 heavy (non-hydrogen) atoms. The average Bonchev–Trinajstić information content (AvgIpc) is 2.14. The second-order valence-corrected chi connectivity index (χ2v) is 4.93. The van der Waals surface area contributed by atoms with Crippen molar-refractivity contribution >= 4 is 18.1 Å². The highest BCUT2D eigenvalue weighted by Crippen LogP contribution is 2.04. The lowest BCUT2D eigenvalue weighted by atomic mass is 10.1. The van der Waals surface area contributed by atoms with Crippen molar-refractivity contribution in [1.29, 1.82) is 5.41 Å². The average molecular weight is 258 g/mol. The first-order chi connectivity index (χ1) is 8.10. The molecule has 0 aliphatic heterocycles. The summed E-state index contributed by atoms with van der Waals surface area (Å²) in [4.78, 5) is 25.7. The van der Waals surface area contributed by atoms with Crippen LogP contribution in [-0.2, 0) is 4.74 Å². The zero-order valence-electron chi connectivity index (χ0n) is 11.8. The standard InChI is InChI=1S/C11H22N4O3/c1-7-18-8(12)15(10(17)14(5)6)9(16)13-11(2,3)4/h12H,7H2,1-6H3,(H,13,16). The van der Waals surface area contributed by atoms with Gasteiger partial charge in [-0.15, -0.1) is 0 Å². The number of amidine groups is 1. The van der Waals surface area contributed by atoms with E-state index in [1.54, 1.807) is 27.7 Å². The number of hydrogen-bond acceptors (Lipinski definition) is 4. The second-order valence-electron chi connectivity index (χ2n) is 4.93. The fourth-order valence-corrected chi connectivity index (χ4v) is 1.04. The predicted molar refractivity (Wildman–Crippen MR) is 68.6 cm³/mol. The third kappa shape index (κ3) is 5.03. The van der Waals surface area contributed by atoms with Crippen molar-refractivity contribution in [1.82, 2.24) is 15.1 Å². The van der Waals surface area contributed by atoms with Gasteiger partial charge in [-0.3, -0.25) is 5.41 Å². The minimum Gasteiger partial charge on any atom is -0.465 e. The van der Waals surface area contributed by atoms with Crippen LogP contribution in [-0.4, -0.2) is 54.1 Å². The van der Waals surface area contributed by atoms with Crippen molar-refractivity contribution in [2.45, 2.75) is 33.2 Å². The van der Waals surface area contributed by atoms with Gasteiger partial charge in [0.2, 0.25) is 0 Å². The van der Waals surface area contributed by atoms with E-state index in [-0.39, 0.29) is 6.61 Å². The van der Waals surface area contributed by atoms with Crippen LogP contribution in [0.1, 0.15) is 27.7 Å². The summed E-state index contributed by atoms with van der Waals surface area (Å²) in [7, 11) is 3.00. The molecule has 104 valence electrons. The van der Waals surface area contributed by atoms with Crippen LogP contribution in [0.15, 0.2) is 0 Å². The van der Waals surface area contributed by atoms with E-state index < -0.39 is 23.6 Å². The molecule has 0 saturated heterocycles. The molecule has 7 nitrogen and oxygen atoms in total. The first-order valence-electron chi connectivity index (χ1n) is 5.65. The van der Waals surface area contributed by atoms with Crippen molar-refractivity contribution in [2.75, 3.05) is 20.7 Å². The molecule has 0 aliphatic carbocycles. The second kappa shape index (κ2) is 6.23. The van der Waals surface area contributed by atoms with E-state index in [1.807, 2.05) is 0 Å². The smallest absolute Gasteiger partial charge is 0.336 e. The fourth-order valence-electron chi connectivity index (χ4n) is 1.04. The Bertz CT molecular complexity index is 334. The molecule has 0 aromatic rings. The van der Waals surface area contributed by atoms with Crippen LogP contribution >= 0.6 is 0 Å². The SMILES string of the molecule is CCOC(=N)N(C(=O)NC(C)(C)C)C(=O)N(C)C. The minimum absolute atomic E-state index is 0.207. The van der Waals surface area contributed by atoms with Crippen LogP contribution in [0.3, 0.4) is 0 Å². The molecule has 0 aromatic heterocycles. The third-order valence-corrected chi connectivity index (χ3v) is 1.74. The van der Waals surface area contributed by atoms with Crippen molar-refractivity contribution in [3.8, 4) is 0 Å². The van der Waals surface area contributed by atoms with Crippen molar-refractivity contribution in [2.24, 2.45) is 0 Å². The van der Waals surface area contributed by atoms with Crippen LogP contribution in [0.25, 0.3) is 0 Å². The molecule has 0 unspecified atom stereocenters. The number of nitrogens with zero attached hydrogens (tertiary/aromatic N) is 2. The van der Waals surface area contributed by atoms with Gasteiger partial charge in [-0.1, -0.05) is 0 Å². The summed E-state index contributed by atoms with van der Waals surface area (Å²) in [5.74, 6) is 0. The molecule has 0 atom stereocenters. The molecule has 0 aromatic carbocycles. The molecule has 0 fully saturated rings. The number of carbonyl (C=O) groups is 2. The Hall–Kier alpha value is -1.79. The molecule has 0 rings (SSSR count). The van der Waals surface area contributed by atoms with E-state index in [0.717, 1.165) is 0 Å². The molecule has 0 radical (unpaired) electrons. The van der Waals surface area contributed by atoms with Gasteiger partial charge in [-0.05, 0) is 27.7 Å². The van der Waals surface area contributed by atoms with Gasteiger partial charge in [-0.25, -0.2) is 9.59 Å². The first-order valence-corrected chi connectivity index (χ1v) is 5.65. The van der Waals surface area contributed by atoms with Gasteiger partial charge in [0.1, 0.15) is 0 Å². The number of urea groups is 2. The number of rotatable bonds is 1. The molecule has 0 saturated carbocycles. The zero-order chi connectivity index (χ0) is 14.5. The van der Waals surface area contributed by atoms with Gasteiger partial charge in [0.05, 0.1) is 6.61 Å². The van der Waals surface area contributed by atoms with Crippen LogP contribution in [0, 0.1) is 5.41 Å². The first kappa shape index (κ1) is 16.2. The number of carbonyl (C=O) groups excluding carboxylic acids is 2. The highest BCUT2D eigenvalue weighted by molar-refractivity contribution is 6.08. The topological polar surface area (TPSA) is 85.7 Å². The highest BCUT2D eigenvalue weighted by Gasteiger charge is 2.30. The zero-order valence-corrected chi connectivity index (χ0v) is 11.8. The van der Waals surface area contributed by atoms with Gasteiger partial charge in [-0.2, -0.15) is 4.90 Å². The molecule has 4 amide bonds. The van der Waals surface area contributed by atoms with E-state index in [2.05, 4.69) is 5.32 Å². The van der Waals surface area contributed by atoms with E-state index >= 15 is 0 Å². The third-order valence-electron chi connectivity index (χ3n) is 1.74. The number of hydrogen-bond donors (Lipinski definition) is 2. The Kier molecular flexibility index (Phi) is 5.61. The Morgan fingerprint density at radius 3 is 2.11 bits per heavy atom. The van der Waals surface area contributed by atoms with Gasteiger partial charge >= 0.3 is 18.1 Å². The summed E-state index contributed by atoms with van der Waals surface area (Å²) in [5, 5.41) is 10.2. The molecular formula is C11H22N4O3. The maximum atomic E-state index is 12.0. The van der Waals surface area contributed by atoms with Crippen LogP contribution in [0.4, 0.5) is 9.59 Å². The minimum atomic E-state index is -0.681. The van der Waals surface area contributed by atoms with Crippen LogP contribution in [0.5, 0.6) is 0 Å². The molecule has 0 heterocycles. The van der Waals surface area contributed by atoms with Crippen molar-refractivity contribution in [3.05, 3.63) is 0 Å². The van der Waals surface area contributed by atoms with E-state index in [4.69, 9.17) is 10.1 Å². The van der Waals surface area contributed by atoms with Crippen LogP contribution < -0.4 is 5.32 Å². The summed E-state index contributed by atoms with van der Waals surface area (Å²) < 4.78 is 4.91.